The van der Waals surface area contributed by atoms with Crippen LogP contribution < -0.4 is 5.32 Å². The fourth-order valence-electron chi connectivity index (χ4n) is 2.16. The molecular weight excluding hydrogens is 339 g/mol. The van der Waals surface area contributed by atoms with E-state index < -0.39 is 17.3 Å². The highest BCUT2D eigenvalue weighted by molar-refractivity contribution is 9.10. The van der Waals surface area contributed by atoms with Crippen molar-refractivity contribution in [3.8, 4) is 0 Å². The maximum atomic E-state index is 12.6. The van der Waals surface area contributed by atoms with Crippen molar-refractivity contribution in [2.24, 2.45) is 0 Å². The monoisotopic (exact) mass is 353 g/mol. The Labute approximate surface area is 123 Å². The molecule has 0 aliphatic carbocycles. The van der Waals surface area contributed by atoms with Gasteiger partial charge in [-0.25, -0.2) is 0 Å². The zero-order valence-electron chi connectivity index (χ0n) is 10.6. The van der Waals surface area contributed by atoms with Crippen LogP contribution in [0.3, 0.4) is 0 Å². The van der Waals surface area contributed by atoms with E-state index in [-0.39, 0.29) is 6.61 Å². The van der Waals surface area contributed by atoms with E-state index in [9.17, 15) is 18.3 Å². The minimum absolute atomic E-state index is 0.0934. The molecule has 112 valence electrons. The zero-order valence-corrected chi connectivity index (χ0v) is 12.2. The van der Waals surface area contributed by atoms with Gasteiger partial charge in [-0.2, -0.15) is 13.2 Å². The molecule has 0 spiro atoms. The third-order valence-corrected chi connectivity index (χ3v) is 4.10. The Morgan fingerprint density at radius 3 is 2.45 bits per heavy atom. The number of aliphatic hydroxyl groups is 1. The number of ether oxygens (including phenoxy) is 1. The van der Waals surface area contributed by atoms with E-state index in [1.54, 1.807) is 0 Å². The van der Waals surface area contributed by atoms with Gasteiger partial charge in [-0.1, -0.05) is 0 Å². The Hall–Kier alpha value is -0.790. The summed E-state index contributed by atoms with van der Waals surface area (Å²) in [6, 6.07) is 3.43. The SMILES string of the molecule is OCC1(Nc2ccc(C(F)(F)F)cc2Br)CCOCC1. The number of benzene rings is 1. The van der Waals surface area contributed by atoms with Gasteiger partial charge in [0.15, 0.2) is 0 Å². The van der Waals surface area contributed by atoms with E-state index in [1.165, 1.54) is 6.07 Å². The third kappa shape index (κ3) is 3.45. The lowest BCUT2D eigenvalue weighted by atomic mass is 9.90. The third-order valence-electron chi connectivity index (χ3n) is 3.45. The van der Waals surface area contributed by atoms with Crippen molar-refractivity contribution in [2.75, 3.05) is 25.1 Å². The summed E-state index contributed by atoms with van der Waals surface area (Å²) in [5.41, 5.74) is -0.713. The average molecular weight is 354 g/mol. The molecule has 0 amide bonds. The standard InChI is InChI=1S/C13H15BrF3NO2/c14-10-7-9(13(15,16)17)1-2-11(10)18-12(8-19)3-5-20-6-4-12/h1-2,7,18-19H,3-6,8H2. The van der Waals surface area contributed by atoms with Crippen LogP contribution >= 0.6 is 15.9 Å². The predicted octanol–water partition coefficient (Wildman–Crippen LogP) is 3.42. The zero-order chi connectivity index (χ0) is 14.8. The predicted molar refractivity (Wildman–Crippen MR) is 72.6 cm³/mol. The number of hydrogen-bond acceptors (Lipinski definition) is 3. The van der Waals surface area contributed by atoms with Gasteiger partial charge in [-0.05, 0) is 47.0 Å². The molecule has 0 saturated carbocycles. The van der Waals surface area contributed by atoms with E-state index in [0.29, 0.717) is 36.2 Å². The van der Waals surface area contributed by atoms with Crippen LogP contribution in [0.25, 0.3) is 0 Å². The molecule has 0 bridgehead atoms. The van der Waals surface area contributed by atoms with Crippen LogP contribution in [-0.2, 0) is 10.9 Å². The Bertz CT molecular complexity index is 473. The van der Waals surface area contributed by atoms with Crippen LogP contribution in [0.5, 0.6) is 0 Å². The second-order valence-corrected chi connectivity index (χ2v) is 5.72. The number of aliphatic hydroxyl groups excluding tert-OH is 1. The summed E-state index contributed by atoms with van der Waals surface area (Å²) in [6.07, 6.45) is -3.15. The van der Waals surface area contributed by atoms with E-state index >= 15 is 0 Å². The molecule has 1 aliphatic heterocycles. The van der Waals surface area contributed by atoms with Crippen molar-refractivity contribution in [3.05, 3.63) is 28.2 Å². The molecule has 20 heavy (non-hydrogen) atoms. The lowest BCUT2D eigenvalue weighted by molar-refractivity contribution is -0.137. The minimum Gasteiger partial charge on any atom is -0.394 e. The fourth-order valence-corrected chi connectivity index (χ4v) is 2.64. The van der Waals surface area contributed by atoms with Crippen LogP contribution in [0.1, 0.15) is 18.4 Å². The second-order valence-electron chi connectivity index (χ2n) is 4.87. The van der Waals surface area contributed by atoms with Crippen LogP contribution in [0.15, 0.2) is 22.7 Å². The van der Waals surface area contributed by atoms with Gasteiger partial charge >= 0.3 is 6.18 Å². The van der Waals surface area contributed by atoms with Crippen molar-refractivity contribution in [2.45, 2.75) is 24.6 Å². The number of hydrogen-bond donors (Lipinski definition) is 2. The molecule has 1 aromatic carbocycles. The van der Waals surface area contributed by atoms with Gasteiger partial charge in [0.1, 0.15) is 0 Å². The van der Waals surface area contributed by atoms with Gasteiger partial charge in [0, 0.05) is 23.4 Å². The number of anilines is 1. The quantitative estimate of drug-likeness (QED) is 0.874. The molecule has 3 nitrogen and oxygen atoms in total. The van der Waals surface area contributed by atoms with Crippen LogP contribution in [0.4, 0.5) is 18.9 Å². The fraction of sp³-hybridized carbons (Fsp3) is 0.538. The number of alkyl halides is 3. The Morgan fingerprint density at radius 2 is 1.95 bits per heavy atom. The Kier molecular flexibility index (Phi) is 4.61. The number of nitrogens with one attached hydrogen (secondary N) is 1. The largest absolute Gasteiger partial charge is 0.416 e. The first-order valence-corrected chi connectivity index (χ1v) is 6.99. The van der Waals surface area contributed by atoms with Crippen molar-refractivity contribution in [3.63, 3.8) is 0 Å². The first-order valence-electron chi connectivity index (χ1n) is 6.20. The van der Waals surface area contributed by atoms with E-state index in [0.717, 1.165) is 12.1 Å². The molecule has 7 heteroatoms. The van der Waals surface area contributed by atoms with Gasteiger partial charge in [-0.3, -0.25) is 0 Å². The lowest BCUT2D eigenvalue weighted by Gasteiger charge is -2.37. The maximum Gasteiger partial charge on any atom is 0.416 e. The van der Waals surface area contributed by atoms with Gasteiger partial charge in [0.2, 0.25) is 0 Å². The summed E-state index contributed by atoms with van der Waals surface area (Å²) >= 11 is 3.14. The number of rotatable bonds is 3. The first kappa shape index (κ1) is 15.6. The molecule has 0 aromatic heterocycles. The van der Waals surface area contributed by atoms with Crippen LogP contribution in [0.2, 0.25) is 0 Å². The normalized spacial score (nSPS) is 18.9. The maximum absolute atomic E-state index is 12.6. The molecule has 1 aliphatic rings. The molecule has 1 aromatic rings. The number of halogens is 4. The van der Waals surface area contributed by atoms with Crippen molar-refractivity contribution < 1.29 is 23.0 Å². The summed E-state index contributed by atoms with van der Waals surface area (Å²) in [5.74, 6) is 0. The summed E-state index contributed by atoms with van der Waals surface area (Å²) < 4.78 is 43.4. The molecular formula is C13H15BrF3NO2. The molecule has 1 fully saturated rings. The minimum atomic E-state index is -4.37. The molecule has 0 radical (unpaired) electrons. The molecule has 1 heterocycles. The summed E-state index contributed by atoms with van der Waals surface area (Å²) in [6.45, 7) is 0.946. The smallest absolute Gasteiger partial charge is 0.394 e. The molecule has 2 N–H and O–H groups in total. The van der Waals surface area contributed by atoms with Crippen molar-refractivity contribution in [1.29, 1.82) is 0 Å². The van der Waals surface area contributed by atoms with Crippen LogP contribution in [0, 0.1) is 0 Å². The highest BCUT2D eigenvalue weighted by Crippen LogP contribution is 2.36. The van der Waals surface area contributed by atoms with E-state index in [1.807, 2.05) is 0 Å². The molecule has 2 rings (SSSR count). The second kappa shape index (κ2) is 5.91. The topological polar surface area (TPSA) is 41.5 Å². The van der Waals surface area contributed by atoms with Crippen molar-refractivity contribution >= 4 is 21.6 Å². The van der Waals surface area contributed by atoms with Gasteiger partial charge < -0.3 is 15.2 Å². The van der Waals surface area contributed by atoms with Gasteiger partial charge in [0.25, 0.3) is 0 Å². The summed E-state index contributed by atoms with van der Waals surface area (Å²) in [4.78, 5) is 0. The highest BCUT2D eigenvalue weighted by Gasteiger charge is 2.34. The average Bonchev–Trinajstić information content (AvgIpc) is 2.41. The first-order chi connectivity index (χ1) is 9.36. The van der Waals surface area contributed by atoms with Gasteiger partial charge in [0.05, 0.1) is 17.7 Å². The molecule has 0 unspecified atom stereocenters. The van der Waals surface area contributed by atoms with E-state index in [2.05, 4.69) is 21.2 Å². The van der Waals surface area contributed by atoms with Gasteiger partial charge in [-0.15, -0.1) is 0 Å². The van der Waals surface area contributed by atoms with E-state index in [4.69, 9.17) is 4.74 Å². The molecule has 1 saturated heterocycles. The summed E-state index contributed by atoms with van der Waals surface area (Å²) in [7, 11) is 0. The molecule has 0 atom stereocenters. The lowest BCUT2D eigenvalue weighted by Crippen LogP contribution is -2.47. The Morgan fingerprint density at radius 1 is 1.30 bits per heavy atom. The summed E-state index contributed by atoms with van der Waals surface area (Å²) in [5, 5.41) is 12.7. The van der Waals surface area contributed by atoms with Crippen molar-refractivity contribution in [1.82, 2.24) is 0 Å². The Balaban J connectivity index is 2.21. The highest BCUT2D eigenvalue weighted by atomic mass is 79.9. The van der Waals surface area contributed by atoms with Crippen LogP contribution in [-0.4, -0.2) is 30.5 Å².